The van der Waals surface area contributed by atoms with E-state index in [0.29, 0.717) is 12.5 Å². The summed E-state index contributed by atoms with van der Waals surface area (Å²) in [5.41, 5.74) is 5.73. The molecule has 4 heteroatoms. The molecule has 0 aromatic carbocycles. The monoisotopic (exact) mass is 295 g/mol. The fraction of sp³-hybridized carbons (Fsp3) is 0.941. The van der Waals surface area contributed by atoms with E-state index in [1.165, 1.54) is 19.4 Å². The molecule has 0 radical (unpaired) electrons. The van der Waals surface area contributed by atoms with Crippen molar-refractivity contribution in [2.45, 2.75) is 52.4 Å². The largest absolute Gasteiger partial charge is 0.340 e. The molecule has 0 spiro atoms. The number of piperazine rings is 1. The van der Waals surface area contributed by atoms with Gasteiger partial charge in [0.2, 0.25) is 5.91 Å². The van der Waals surface area contributed by atoms with E-state index in [1.807, 2.05) is 0 Å². The van der Waals surface area contributed by atoms with Crippen molar-refractivity contribution in [3.8, 4) is 0 Å². The van der Waals surface area contributed by atoms with Crippen molar-refractivity contribution in [2.75, 3.05) is 39.3 Å². The van der Waals surface area contributed by atoms with E-state index in [4.69, 9.17) is 5.73 Å². The van der Waals surface area contributed by atoms with E-state index in [0.717, 1.165) is 57.8 Å². The van der Waals surface area contributed by atoms with Crippen molar-refractivity contribution in [3.63, 3.8) is 0 Å². The Labute approximate surface area is 130 Å². The molecular formula is C17H33N3O. The van der Waals surface area contributed by atoms with Gasteiger partial charge in [0.25, 0.3) is 0 Å². The van der Waals surface area contributed by atoms with Crippen LogP contribution >= 0.6 is 0 Å². The Morgan fingerprint density at radius 2 is 1.67 bits per heavy atom. The molecular weight excluding hydrogens is 262 g/mol. The van der Waals surface area contributed by atoms with Gasteiger partial charge in [-0.3, -0.25) is 9.69 Å². The number of hydrogen-bond donors (Lipinski definition) is 1. The van der Waals surface area contributed by atoms with Crippen molar-refractivity contribution in [3.05, 3.63) is 0 Å². The Kier molecular flexibility index (Phi) is 6.06. The molecule has 1 saturated heterocycles. The third-order valence-electron chi connectivity index (χ3n) is 5.17. The van der Waals surface area contributed by atoms with Crippen LogP contribution in [0, 0.1) is 11.3 Å². The summed E-state index contributed by atoms with van der Waals surface area (Å²) in [7, 11) is 0. The topological polar surface area (TPSA) is 49.6 Å². The second kappa shape index (κ2) is 7.59. The van der Waals surface area contributed by atoms with Gasteiger partial charge in [-0.15, -0.1) is 0 Å². The van der Waals surface area contributed by atoms with Gasteiger partial charge in [-0.2, -0.15) is 0 Å². The van der Waals surface area contributed by atoms with Crippen molar-refractivity contribution in [1.29, 1.82) is 0 Å². The van der Waals surface area contributed by atoms with Gasteiger partial charge in [0.05, 0.1) is 5.41 Å². The highest BCUT2D eigenvalue weighted by atomic mass is 16.2. The molecule has 122 valence electrons. The van der Waals surface area contributed by atoms with Crippen molar-refractivity contribution < 1.29 is 4.79 Å². The van der Waals surface area contributed by atoms with Gasteiger partial charge in [0.15, 0.2) is 0 Å². The molecule has 2 fully saturated rings. The van der Waals surface area contributed by atoms with Crippen LogP contribution in [0.5, 0.6) is 0 Å². The zero-order chi connectivity index (χ0) is 15.3. The minimum absolute atomic E-state index is 0.303. The molecule has 0 aromatic rings. The number of nitrogens with zero attached hydrogens (tertiary/aromatic N) is 2. The zero-order valence-electron chi connectivity index (χ0n) is 13.9. The molecule has 4 nitrogen and oxygen atoms in total. The molecule has 0 bridgehead atoms. The predicted octanol–water partition coefficient (Wildman–Crippen LogP) is 2.09. The highest BCUT2D eigenvalue weighted by molar-refractivity contribution is 5.83. The summed E-state index contributed by atoms with van der Waals surface area (Å²) in [5.74, 6) is 1.26. The zero-order valence-corrected chi connectivity index (χ0v) is 13.9. The van der Waals surface area contributed by atoms with Gasteiger partial charge in [0, 0.05) is 39.3 Å². The fourth-order valence-electron chi connectivity index (χ4n) is 3.72. The lowest BCUT2D eigenvalue weighted by atomic mass is 9.77. The van der Waals surface area contributed by atoms with E-state index in [-0.39, 0.29) is 5.41 Å². The molecule has 1 amide bonds. The number of hydrogen-bond acceptors (Lipinski definition) is 3. The number of amides is 1. The van der Waals surface area contributed by atoms with E-state index >= 15 is 0 Å². The summed E-state index contributed by atoms with van der Waals surface area (Å²) in [5, 5.41) is 0. The molecule has 0 atom stereocenters. The van der Waals surface area contributed by atoms with Crippen LogP contribution in [0.2, 0.25) is 0 Å². The minimum atomic E-state index is -0.303. The molecule has 21 heavy (non-hydrogen) atoms. The van der Waals surface area contributed by atoms with E-state index in [1.54, 1.807) is 0 Å². The van der Waals surface area contributed by atoms with Gasteiger partial charge in [-0.25, -0.2) is 0 Å². The Hall–Kier alpha value is -0.610. The van der Waals surface area contributed by atoms with Crippen LogP contribution in [0.25, 0.3) is 0 Å². The van der Waals surface area contributed by atoms with E-state index < -0.39 is 0 Å². The third kappa shape index (κ3) is 4.19. The number of carbonyl (C=O) groups excluding carboxylic acids is 1. The van der Waals surface area contributed by atoms with E-state index in [2.05, 4.69) is 23.6 Å². The highest BCUT2D eigenvalue weighted by Gasteiger charge is 2.39. The number of carbonyl (C=O) groups is 1. The maximum Gasteiger partial charge on any atom is 0.230 e. The van der Waals surface area contributed by atoms with Crippen molar-refractivity contribution >= 4 is 5.91 Å². The Morgan fingerprint density at radius 3 is 2.10 bits per heavy atom. The maximum absolute atomic E-state index is 13.0. The lowest BCUT2D eigenvalue weighted by Crippen LogP contribution is -2.55. The summed E-state index contributed by atoms with van der Waals surface area (Å²) >= 11 is 0. The lowest BCUT2D eigenvalue weighted by Gasteiger charge is -2.41. The molecule has 1 aliphatic heterocycles. The number of nitrogens with two attached hydrogens (primary N) is 1. The van der Waals surface area contributed by atoms with Crippen molar-refractivity contribution in [1.82, 2.24) is 9.80 Å². The summed E-state index contributed by atoms with van der Waals surface area (Å²) in [6.45, 7) is 9.91. The smallest absolute Gasteiger partial charge is 0.230 e. The standard InChI is InChI=1S/C17H33N3O/c1-3-7-17(14-18,8-4-2)16(21)20-11-9-19(10-12-20)13-15-5-6-15/h15H,3-14,18H2,1-2H3. The fourth-order valence-corrected chi connectivity index (χ4v) is 3.72. The lowest BCUT2D eigenvalue weighted by molar-refractivity contribution is -0.144. The van der Waals surface area contributed by atoms with Gasteiger partial charge >= 0.3 is 0 Å². The Balaban J connectivity index is 1.90. The molecule has 1 aliphatic carbocycles. The quantitative estimate of drug-likeness (QED) is 0.746. The first-order valence-electron chi connectivity index (χ1n) is 8.87. The van der Waals surface area contributed by atoms with Crippen LogP contribution < -0.4 is 5.73 Å². The first kappa shape index (κ1) is 16.8. The predicted molar refractivity (Wildman–Crippen MR) is 87.0 cm³/mol. The van der Waals surface area contributed by atoms with Crippen LogP contribution in [-0.2, 0) is 4.79 Å². The van der Waals surface area contributed by atoms with Crippen LogP contribution in [0.4, 0.5) is 0 Å². The second-order valence-corrected chi connectivity index (χ2v) is 7.02. The van der Waals surface area contributed by atoms with Gasteiger partial charge in [0.1, 0.15) is 0 Å². The minimum Gasteiger partial charge on any atom is -0.340 e. The first-order chi connectivity index (χ1) is 10.1. The Bertz CT molecular complexity index is 327. The highest BCUT2D eigenvalue weighted by Crippen LogP contribution is 2.33. The van der Waals surface area contributed by atoms with E-state index in [9.17, 15) is 4.79 Å². The Morgan fingerprint density at radius 1 is 1.10 bits per heavy atom. The average molecular weight is 295 g/mol. The molecule has 2 aliphatic rings. The summed E-state index contributed by atoms with van der Waals surface area (Å²) in [6, 6.07) is 0. The van der Waals surface area contributed by atoms with Crippen LogP contribution in [-0.4, -0.2) is 55.0 Å². The molecule has 2 N–H and O–H groups in total. The van der Waals surface area contributed by atoms with Crippen LogP contribution in [0.3, 0.4) is 0 Å². The SMILES string of the molecule is CCCC(CN)(CCC)C(=O)N1CCN(CC2CC2)CC1. The molecule has 0 unspecified atom stereocenters. The maximum atomic E-state index is 13.0. The molecule has 1 saturated carbocycles. The molecule has 1 heterocycles. The first-order valence-corrected chi connectivity index (χ1v) is 8.87. The van der Waals surface area contributed by atoms with Gasteiger partial charge in [-0.05, 0) is 31.6 Å². The molecule has 2 rings (SSSR count). The van der Waals surface area contributed by atoms with Gasteiger partial charge in [-0.1, -0.05) is 26.7 Å². The summed E-state index contributed by atoms with van der Waals surface area (Å²) < 4.78 is 0. The van der Waals surface area contributed by atoms with Crippen LogP contribution in [0.15, 0.2) is 0 Å². The normalized spacial score (nSPS) is 20.8. The average Bonchev–Trinajstić information content (AvgIpc) is 3.31. The summed E-state index contributed by atoms with van der Waals surface area (Å²) in [6.07, 6.45) is 6.73. The summed E-state index contributed by atoms with van der Waals surface area (Å²) in [4.78, 5) is 17.6. The van der Waals surface area contributed by atoms with Crippen LogP contribution in [0.1, 0.15) is 52.4 Å². The second-order valence-electron chi connectivity index (χ2n) is 7.02. The number of rotatable bonds is 8. The molecule has 0 aromatic heterocycles. The van der Waals surface area contributed by atoms with Crippen molar-refractivity contribution in [2.24, 2.45) is 17.1 Å². The third-order valence-corrected chi connectivity index (χ3v) is 5.17. The van der Waals surface area contributed by atoms with Gasteiger partial charge < -0.3 is 10.6 Å².